The van der Waals surface area contributed by atoms with Gasteiger partial charge < -0.3 is 25.0 Å². The third-order valence-corrected chi connectivity index (χ3v) is 5.44. The zero-order valence-electron chi connectivity index (χ0n) is 15.3. The number of morpholine rings is 2. The first-order valence-electron chi connectivity index (χ1n) is 9.38. The van der Waals surface area contributed by atoms with E-state index < -0.39 is 0 Å². The van der Waals surface area contributed by atoms with Crippen LogP contribution in [0, 0.1) is 0 Å². The van der Waals surface area contributed by atoms with Gasteiger partial charge in [-0.25, -0.2) is 19.9 Å². The second kappa shape index (κ2) is 6.58. The zero-order valence-corrected chi connectivity index (χ0v) is 15.3. The van der Waals surface area contributed by atoms with Crippen molar-refractivity contribution in [3.63, 3.8) is 0 Å². The summed E-state index contributed by atoms with van der Waals surface area (Å²) in [5.41, 5.74) is 7.52. The molecule has 0 amide bonds. The predicted octanol–water partition coefficient (Wildman–Crippen LogP) is 0.502. The summed E-state index contributed by atoms with van der Waals surface area (Å²) in [6, 6.07) is 0.586. The van der Waals surface area contributed by atoms with E-state index in [1.165, 1.54) is 5.56 Å². The van der Waals surface area contributed by atoms with Gasteiger partial charge in [0.2, 0.25) is 0 Å². The maximum atomic E-state index is 5.69. The first-order valence-corrected chi connectivity index (χ1v) is 9.38. The van der Waals surface area contributed by atoms with E-state index >= 15 is 0 Å². The fourth-order valence-corrected chi connectivity index (χ4v) is 4.07. The molecule has 2 unspecified atom stereocenters. The van der Waals surface area contributed by atoms with Gasteiger partial charge in [0.15, 0.2) is 5.82 Å². The van der Waals surface area contributed by atoms with Gasteiger partial charge in [0.25, 0.3) is 0 Å². The van der Waals surface area contributed by atoms with E-state index in [2.05, 4.69) is 26.7 Å². The topological polar surface area (TPSA) is 103 Å². The van der Waals surface area contributed by atoms with Crippen molar-refractivity contribution in [1.29, 1.82) is 0 Å². The molecule has 27 heavy (non-hydrogen) atoms. The van der Waals surface area contributed by atoms with Gasteiger partial charge in [-0.3, -0.25) is 0 Å². The average Bonchev–Trinajstić information content (AvgIpc) is 3.07. The molecule has 2 atom stereocenters. The summed E-state index contributed by atoms with van der Waals surface area (Å²) in [5.74, 6) is 2.96. The van der Waals surface area contributed by atoms with Crippen LogP contribution in [0.3, 0.4) is 0 Å². The number of fused-ring (bicyclic) bond motifs is 3. The highest BCUT2D eigenvalue weighted by Crippen LogP contribution is 2.39. The fraction of sp³-hybridized carbons (Fsp3) is 0.556. The molecule has 0 aliphatic carbocycles. The summed E-state index contributed by atoms with van der Waals surface area (Å²) in [4.78, 5) is 23.0. The van der Waals surface area contributed by atoms with Crippen LogP contribution in [-0.2, 0) is 15.9 Å². The minimum atomic E-state index is 0.261. The highest BCUT2D eigenvalue weighted by atomic mass is 16.5. The maximum Gasteiger partial charge on any atom is 0.183 e. The Kier molecular flexibility index (Phi) is 4.05. The lowest BCUT2D eigenvalue weighted by Gasteiger charge is -2.35. The molecular weight excluding hydrogens is 346 g/mol. The van der Waals surface area contributed by atoms with Crippen LogP contribution >= 0.6 is 0 Å². The second-order valence-corrected chi connectivity index (χ2v) is 7.24. The number of hydrogen-bond donors (Lipinski definition) is 1. The van der Waals surface area contributed by atoms with Gasteiger partial charge in [-0.2, -0.15) is 0 Å². The molecule has 3 aliphatic rings. The molecule has 0 radical (unpaired) electrons. The van der Waals surface area contributed by atoms with E-state index in [1.807, 2.05) is 0 Å². The molecule has 9 nitrogen and oxygen atoms in total. The summed E-state index contributed by atoms with van der Waals surface area (Å²) in [6.07, 6.45) is 4.08. The highest BCUT2D eigenvalue weighted by molar-refractivity contribution is 5.69. The van der Waals surface area contributed by atoms with Gasteiger partial charge in [0.05, 0.1) is 50.9 Å². The van der Waals surface area contributed by atoms with E-state index in [0.717, 1.165) is 44.4 Å². The van der Waals surface area contributed by atoms with E-state index in [1.54, 1.807) is 12.4 Å². The quantitative estimate of drug-likeness (QED) is 0.810. The van der Waals surface area contributed by atoms with E-state index in [4.69, 9.17) is 25.2 Å². The van der Waals surface area contributed by atoms with E-state index in [0.29, 0.717) is 36.6 Å². The Morgan fingerprint density at radius 1 is 1.00 bits per heavy atom. The van der Waals surface area contributed by atoms with E-state index in [-0.39, 0.29) is 6.04 Å². The Balaban J connectivity index is 1.63. The van der Waals surface area contributed by atoms with Crippen LogP contribution in [0.25, 0.3) is 11.5 Å². The van der Waals surface area contributed by atoms with Crippen LogP contribution in [0.4, 0.5) is 17.5 Å². The molecule has 0 bridgehead atoms. The number of hydrogen-bond acceptors (Lipinski definition) is 9. The van der Waals surface area contributed by atoms with Gasteiger partial charge in [0.1, 0.15) is 23.1 Å². The molecular formula is C18H23N7O2. The Bertz CT molecular complexity index is 844. The van der Waals surface area contributed by atoms with Crippen LogP contribution in [-0.4, -0.2) is 71.5 Å². The molecule has 0 aromatic carbocycles. The lowest BCUT2D eigenvalue weighted by molar-refractivity contribution is 0.0967. The largest absolute Gasteiger partial charge is 0.382 e. The first kappa shape index (κ1) is 16.6. The molecule has 0 saturated carbocycles. The second-order valence-electron chi connectivity index (χ2n) is 7.24. The molecule has 9 heteroatoms. The number of aromatic nitrogens is 4. The first-order chi connectivity index (χ1) is 13.2. The number of anilines is 3. The average molecular weight is 369 g/mol. The standard InChI is InChI=1S/C18H23N7O2/c1-11-9-26-4-2-24(11)17-13-6-12-10-27-5-3-25(12)18(13)23-16(22-17)14-7-21-15(19)8-20-14/h7-8,11-12H,2-6,9-10H2,1H3,(H2,19,21). The normalized spacial score (nSPS) is 24.6. The van der Waals surface area contributed by atoms with Crippen LogP contribution < -0.4 is 15.5 Å². The fourth-order valence-electron chi connectivity index (χ4n) is 4.07. The Morgan fingerprint density at radius 3 is 2.48 bits per heavy atom. The van der Waals surface area contributed by atoms with Crippen LogP contribution in [0.1, 0.15) is 12.5 Å². The lowest BCUT2D eigenvalue weighted by Crippen LogP contribution is -2.44. The van der Waals surface area contributed by atoms with Crippen molar-refractivity contribution in [3.8, 4) is 11.5 Å². The maximum absolute atomic E-state index is 5.69. The van der Waals surface area contributed by atoms with Crippen molar-refractivity contribution < 1.29 is 9.47 Å². The number of nitrogen functional groups attached to an aromatic ring is 1. The highest BCUT2D eigenvalue weighted by Gasteiger charge is 2.38. The Hall–Kier alpha value is -2.52. The molecule has 2 aromatic rings. The minimum Gasteiger partial charge on any atom is -0.382 e. The summed E-state index contributed by atoms with van der Waals surface area (Å²) in [7, 11) is 0. The van der Waals surface area contributed by atoms with Crippen LogP contribution in [0.2, 0.25) is 0 Å². The molecule has 3 aliphatic heterocycles. The predicted molar refractivity (Wildman–Crippen MR) is 101 cm³/mol. The van der Waals surface area contributed by atoms with Gasteiger partial charge in [-0.15, -0.1) is 0 Å². The van der Waals surface area contributed by atoms with Crippen LogP contribution in [0.15, 0.2) is 12.4 Å². The summed E-state index contributed by atoms with van der Waals surface area (Å²) in [5, 5.41) is 0. The third kappa shape index (κ3) is 2.87. The molecule has 0 spiro atoms. The van der Waals surface area contributed by atoms with Gasteiger partial charge >= 0.3 is 0 Å². The van der Waals surface area contributed by atoms with Crippen molar-refractivity contribution >= 4 is 17.5 Å². The molecule has 5 rings (SSSR count). The zero-order chi connectivity index (χ0) is 18.4. The van der Waals surface area contributed by atoms with E-state index in [9.17, 15) is 0 Å². The Morgan fingerprint density at radius 2 is 1.74 bits per heavy atom. The Labute approximate surface area is 157 Å². The monoisotopic (exact) mass is 369 g/mol. The summed E-state index contributed by atoms with van der Waals surface area (Å²) >= 11 is 0. The molecule has 2 fully saturated rings. The van der Waals surface area contributed by atoms with Crippen molar-refractivity contribution in [2.45, 2.75) is 25.4 Å². The molecule has 2 aromatic heterocycles. The third-order valence-electron chi connectivity index (χ3n) is 5.44. The number of nitrogens with two attached hydrogens (primary N) is 1. The van der Waals surface area contributed by atoms with Crippen molar-refractivity contribution in [2.75, 3.05) is 55.1 Å². The van der Waals surface area contributed by atoms with Crippen LogP contribution in [0.5, 0.6) is 0 Å². The summed E-state index contributed by atoms with van der Waals surface area (Å²) < 4.78 is 11.3. The molecule has 142 valence electrons. The van der Waals surface area contributed by atoms with Crippen molar-refractivity contribution in [2.24, 2.45) is 0 Å². The summed E-state index contributed by atoms with van der Waals surface area (Å²) in [6.45, 7) is 6.69. The molecule has 5 heterocycles. The van der Waals surface area contributed by atoms with Crippen molar-refractivity contribution in [3.05, 3.63) is 18.0 Å². The smallest absolute Gasteiger partial charge is 0.183 e. The minimum absolute atomic E-state index is 0.261. The number of rotatable bonds is 2. The van der Waals surface area contributed by atoms with Gasteiger partial charge in [-0.1, -0.05) is 0 Å². The number of ether oxygens (including phenoxy) is 2. The molecule has 2 N–H and O–H groups in total. The van der Waals surface area contributed by atoms with Crippen molar-refractivity contribution in [1.82, 2.24) is 19.9 Å². The van der Waals surface area contributed by atoms with Gasteiger partial charge in [0, 0.05) is 25.1 Å². The SMILES string of the molecule is CC1COCCN1c1nc(-c2cnc(N)cn2)nc2c1CC1COCCN21. The number of nitrogens with zero attached hydrogens (tertiary/aromatic N) is 6. The lowest BCUT2D eigenvalue weighted by atomic mass is 10.1. The van der Waals surface area contributed by atoms with Gasteiger partial charge in [-0.05, 0) is 6.92 Å². The molecule has 2 saturated heterocycles.